The van der Waals surface area contributed by atoms with Gasteiger partial charge >= 0.3 is 12.6 Å². The number of aromatic amines is 1. The highest BCUT2D eigenvalue weighted by molar-refractivity contribution is 5.97. The molecule has 0 radical (unpaired) electrons. The lowest BCUT2D eigenvalue weighted by molar-refractivity contribution is -0.0489. The fourth-order valence-electron chi connectivity index (χ4n) is 4.31. The molecule has 3 N–H and O–H groups in total. The Morgan fingerprint density at radius 3 is 2.55 bits per heavy atom. The third-order valence-corrected chi connectivity index (χ3v) is 5.69. The number of benzene rings is 1. The number of halogens is 2. The number of aromatic nitrogens is 2. The first-order valence-corrected chi connectivity index (χ1v) is 9.59. The standard InChI is InChI=1S/C22H20F2N2O5.2CH4/c1-22(2,3)12-7-10-9-5-4-6-25-16(9)13(31-21(23)24)8-11(10)17-14(12)18(27)15(20(29)30)19(28)26-17;;/h4-6,8,12,21H,7H2,1-3H3,(H,29,30)(H2,26,27,28);2*1H4. The second-order valence-corrected chi connectivity index (χ2v) is 8.57. The zero-order valence-corrected chi connectivity index (χ0v) is 17.0. The summed E-state index contributed by atoms with van der Waals surface area (Å²) >= 11 is 0. The Balaban J connectivity index is 0.00000193. The average Bonchev–Trinajstić information content (AvgIpc) is 2.66. The monoisotopic (exact) mass is 462 g/mol. The van der Waals surface area contributed by atoms with E-state index in [0.29, 0.717) is 17.4 Å². The summed E-state index contributed by atoms with van der Waals surface area (Å²) in [6.45, 7) is 2.72. The van der Waals surface area contributed by atoms with Gasteiger partial charge in [-0.3, -0.25) is 9.78 Å². The molecule has 0 spiro atoms. The van der Waals surface area contributed by atoms with Crippen molar-refractivity contribution in [2.24, 2.45) is 5.41 Å². The molecule has 0 amide bonds. The van der Waals surface area contributed by atoms with Gasteiger partial charge in [-0.1, -0.05) is 41.7 Å². The SMILES string of the molecule is C.C.CC(C)(C)C1Cc2c(cc(OC(F)F)c3ncccc23)-c2[nH]c(=O)c(C(=O)O)c(O)c21. The van der Waals surface area contributed by atoms with Gasteiger partial charge in [0.25, 0.3) is 5.56 Å². The number of hydrogen-bond donors (Lipinski definition) is 3. The van der Waals surface area contributed by atoms with Crippen LogP contribution in [0.5, 0.6) is 11.5 Å². The number of nitrogens with zero attached hydrogens (tertiary/aromatic N) is 1. The van der Waals surface area contributed by atoms with Crippen molar-refractivity contribution in [3.8, 4) is 22.8 Å². The molecular weight excluding hydrogens is 434 g/mol. The number of hydrogen-bond acceptors (Lipinski definition) is 5. The minimum atomic E-state index is -3.09. The van der Waals surface area contributed by atoms with E-state index in [1.807, 2.05) is 20.8 Å². The first-order chi connectivity index (χ1) is 14.5. The van der Waals surface area contributed by atoms with Gasteiger partial charge in [-0.2, -0.15) is 8.78 Å². The molecule has 0 saturated heterocycles. The van der Waals surface area contributed by atoms with Crippen molar-refractivity contribution in [2.45, 2.75) is 54.6 Å². The summed E-state index contributed by atoms with van der Waals surface area (Å²) in [4.78, 5) is 30.8. The Labute approximate surface area is 190 Å². The third-order valence-electron chi connectivity index (χ3n) is 5.69. The maximum absolute atomic E-state index is 13.1. The number of H-pyrrole nitrogens is 1. The molecule has 0 aliphatic heterocycles. The molecule has 1 atom stereocenters. The van der Waals surface area contributed by atoms with Crippen LogP contribution in [0.4, 0.5) is 8.78 Å². The van der Waals surface area contributed by atoms with E-state index in [2.05, 4.69) is 14.7 Å². The molecule has 3 aromatic rings. The average molecular weight is 462 g/mol. The smallest absolute Gasteiger partial charge is 0.387 e. The van der Waals surface area contributed by atoms with Crippen molar-refractivity contribution in [3.05, 3.63) is 51.4 Å². The van der Waals surface area contributed by atoms with Gasteiger partial charge in [0.15, 0.2) is 11.3 Å². The Bertz CT molecular complexity index is 1280. The molecule has 2 aromatic heterocycles. The fourth-order valence-corrected chi connectivity index (χ4v) is 4.31. The quantitative estimate of drug-likeness (QED) is 0.470. The summed E-state index contributed by atoms with van der Waals surface area (Å²) in [7, 11) is 0. The van der Waals surface area contributed by atoms with Gasteiger partial charge in [0.05, 0.1) is 5.69 Å². The minimum absolute atomic E-state index is 0. The van der Waals surface area contributed by atoms with Crippen LogP contribution in [-0.4, -0.2) is 32.8 Å². The lowest BCUT2D eigenvalue weighted by Gasteiger charge is -2.37. The number of carboxylic acids is 1. The lowest BCUT2D eigenvalue weighted by atomic mass is 9.67. The summed E-state index contributed by atoms with van der Waals surface area (Å²) in [6.07, 6.45) is 1.85. The first-order valence-electron chi connectivity index (χ1n) is 9.59. The molecule has 33 heavy (non-hydrogen) atoms. The van der Waals surface area contributed by atoms with Gasteiger partial charge in [0.1, 0.15) is 11.3 Å². The van der Waals surface area contributed by atoms with Crippen LogP contribution in [0, 0.1) is 5.41 Å². The number of alkyl halides is 2. The van der Waals surface area contributed by atoms with E-state index in [4.69, 9.17) is 0 Å². The number of rotatable bonds is 3. The number of ether oxygens (including phenoxy) is 1. The lowest BCUT2D eigenvalue weighted by Crippen LogP contribution is -2.29. The zero-order chi connectivity index (χ0) is 22.7. The molecule has 2 heterocycles. The number of carboxylic acid groups (broad SMARTS) is 1. The molecule has 0 saturated carbocycles. The molecule has 7 nitrogen and oxygen atoms in total. The van der Waals surface area contributed by atoms with E-state index in [1.165, 1.54) is 12.3 Å². The number of nitrogens with one attached hydrogen (secondary N) is 1. The van der Waals surface area contributed by atoms with Crippen molar-refractivity contribution in [1.82, 2.24) is 9.97 Å². The van der Waals surface area contributed by atoms with Gasteiger partial charge in [0.2, 0.25) is 0 Å². The van der Waals surface area contributed by atoms with Gasteiger partial charge < -0.3 is 19.9 Å². The molecule has 178 valence electrons. The zero-order valence-electron chi connectivity index (χ0n) is 17.0. The molecule has 1 aliphatic carbocycles. The van der Waals surface area contributed by atoms with Crippen LogP contribution >= 0.6 is 0 Å². The number of carbonyl (C=O) groups is 1. The number of aromatic hydroxyl groups is 1. The molecule has 0 bridgehead atoms. The Morgan fingerprint density at radius 1 is 1.30 bits per heavy atom. The molecule has 1 aliphatic rings. The highest BCUT2D eigenvalue weighted by Crippen LogP contribution is 2.52. The molecule has 9 heteroatoms. The van der Waals surface area contributed by atoms with E-state index >= 15 is 0 Å². The highest BCUT2D eigenvalue weighted by Gasteiger charge is 2.39. The van der Waals surface area contributed by atoms with Crippen molar-refractivity contribution in [2.75, 3.05) is 0 Å². The van der Waals surface area contributed by atoms with Gasteiger partial charge in [-0.05, 0) is 35.4 Å². The molecule has 1 aromatic carbocycles. The largest absolute Gasteiger partial charge is 0.506 e. The summed E-state index contributed by atoms with van der Waals surface area (Å²) in [5.74, 6) is -2.70. The maximum Gasteiger partial charge on any atom is 0.387 e. The highest BCUT2D eigenvalue weighted by atomic mass is 19.3. The topological polar surface area (TPSA) is 113 Å². The van der Waals surface area contributed by atoms with Crippen molar-refractivity contribution in [1.29, 1.82) is 0 Å². The van der Waals surface area contributed by atoms with Crippen molar-refractivity contribution >= 4 is 16.9 Å². The Kier molecular flexibility index (Phi) is 6.87. The van der Waals surface area contributed by atoms with E-state index < -0.39 is 34.9 Å². The van der Waals surface area contributed by atoms with Crippen LogP contribution in [0.1, 0.15) is 63.0 Å². The van der Waals surface area contributed by atoms with Crippen molar-refractivity contribution in [3.63, 3.8) is 0 Å². The summed E-state index contributed by atoms with van der Waals surface area (Å²) in [5.41, 5.74) is -0.306. The fraction of sp³-hybridized carbons (Fsp3) is 0.375. The molecular formula is C24H28F2N2O5. The molecule has 4 rings (SSSR count). The van der Waals surface area contributed by atoms with Crippen molar-refractivity contribution < 1.29 is 28.5 Å². The van der Waals surface area contributed by atoms with Gasteiger partial charge in [-0.25, -0.2) is 4.79 Å². The second kappa shape index (κ2) is 8.80. The number of fused-ring (bicyclic) bond motifs is 5. The van der Waals surface area contributed by atoms with E-state index in [-0.39, 0.29) is 43.3 Å². The van der Waals surface area contributed by atoms with Crippen LogP contribution in [0.25, 0.3) is 22.2 Å². The van der Waals surface area contributed by atoms with Gasteiger partial charge in [-0.15, -0.1) is 0 Å². The predicted molar refractivity (Wildman–Crippen MR) is 122 cm³/mol. The summed E-state index contributed by atoms with van der Waals surface area (Å²) < 4.78 is 30.8. The Morgan fingerprint density at radius 2 is 1.97 bits per heavy atom. The minimum Gasteiger partial charge on any atom is -0.506 e. The van der Waals surface area contributed by atoms with Crippen LogP contribution in [-0.2, 0) is 6.42 Å². The van der Waals surface area contributed by atoms with E-state index in [9.17, 15) is 28.6 Å². The normalized spacial score (nSPS) is 14.7. The number of pyridine rings is 2. The predicted octanol–water partition coefficient (Wildman–Crippen LogP) is 5.55. The van der Waals surface area contributed by atoms with Crippen LogP contribution < -0.4 is 10.3 Å². The maximum atomic E-state index is 13.1. The number of aromatic carboxylic acids is 1. The van der Waals surface area contributed by atoms with Crippen LogP contribution in [0.15, 0.2) is 29.2 Å². The van der Waals surface area contributed by atoms with Gasteiger partial charge in [0, 0.05) is 22.7 Å². The summed E-state index contributed by atoms with van der Waals surface area (Å²) in [5, 5.41) is 20.8. The van der Waals surface area contributed by atoms with Crippen LogP contribution in [0.3, 0.4) is 0 Å². The third kappa shape index (κ3) is 4.15. The molecule has 0 fully saturated rings. The molecule has 1 unspecified atom stereocenters. The van der Waals surface area contributed by atoms with E-state index in [0.717, 1.165) is 5.56 Å². The van der Waals surface area contributed by atoms with Crippen LogP contribution in [0.2, 0.25) is 0 Å². The Hall–Kier alpha value is -3.49. The van der Waals surface area contributed by atoms with E-state index in [1.54, 1.807) is 12.1 Å². The summed E-state index contributed by atoms with van der Waals surface area (Å²) in [6, 6.07) is 4.75. The first kappa shape index (κ1) is 25.8. The second-order valence-electron chi connectivity index (χ2n) is 8.57.